The molecule has 0 spiro atoms. The number of halogens is 3. The van der Waals surface area contributed by atoms with Crippen molar-refractivity contribution in [3.05, 3.63) is 35.4 Å². The summed E-state index contributed by atoms with van der Waals surface area (Å²) in [6, 6.07) is 6.95. The average Bonchev–Trinajstić information content (AvgIpc) is 2.42. The molecule has 21 heavy (non-hydrogen) atoms. The van der Waals surface area contributed by atoms with Crippen LogP contribution in [0.25, 0.3) is 0 Å². The lowest BCUT2D eigenvalue weighted by Gasteiger charge is -2.09. The van der Waals surface area contributed by atoms with Crippen LogP contribution in [0.5, 0.6) is 0 Å². The molecule has 1 aromatic rings. The fourth-order valence-electron chi connectivity index (χ4n) is 1.57. The molecule has 0 bridgehead atoms. The fourth-order valence-corrected chi connectivity index (χ4v) is 1.57. The zero-order valence-corrected chi connectivity index (χ0v) is 11.8. The Morgan fingerprint density at radius 3 is 2.05 bits per heavy atom. The molecule has 0 aliphatic rings. The first kappa shape index (κ1) is 17.0. The highest BCUT2D eigenvalue weighted by Gasteiger charge is 2.38. The van der Waals surface area contributed by atoms with E-state index in [2.05, 4.69) is 5.32 Å². The maximum Gasteiger partial charge on any atom is 0.471 e. The molecule has 116 valence electrons. The van der Waals surface area contributed by atoms with E-state index in [4.69, 9.17) is 0 Å². The second-order valence-electron chi connectivity index (χ2n) is 4.79. The third-order valence-electron chi connectivity index (χ3n) is 2.79. The Morgan fingerprint density at radius 1 is 1.05 bits per heavy atom. The average molecular weight is 302 g/mol. The quantitative estimate of drug-likeness (QED) is 0.819. The van der Waals surface area contributed by atoms with Crippen LogP contribution in [0.3, 0.4) is 0 Å². The predicted octanol–water partition coefficient (Wildman–Crippen LogP) is 2.22. The van der Waals surface area contributed by atoms with Crippen molar-refractivity contribution in [2.75, 3.05) is 13.1 Å². The zero-order chi connectivity index (χ0) is 16.0. The Balaban J connectivity index is 2.39. The van der Waals surface area contributed by atoms with Gasteiger partial charge in [-0.1, -0.05) is 26.0 Å². The summed E-state index contributed by atoms with van der Waals surface area (Å²) >= 11 is 0. The zero-order valence-electron chi connectivity index (χ0n) is 11.8. The van der Waals surface area contributed by atoms with Crippen molar-refractivity contribution in [2.24, 2.45) is 0 Å². The minimum absolute atomic E-state index is 0.0768. The summed E-state index contributed by atoms with van der Waals surface area (Å²) < 4.78 is 35.7. The number of hydrogen-bond donors (Lipinski definition) is 2. The SMILES string of the molecule is CC(C)c1ccc(C(=O)NCCNC(=O)C(F)(F)F)cc1. The summed E-state index contributed by atoms with van der Waals surface area (Å²) in [6.07, 6.45) is -4.91. The molecule has 0 saturated carbocycles. The lowest BCUT2D eigenvalue weighted by Crippen LogP contribution is -2.41. The van der Waals surface area contributed by atoms with Crippen LogP contribution in [0.1, 0.15) is 35.7 Å². The van der Waals surface area contributed by atoms with E-state index in [0.717, 1.165) is 5.56 Å². The van der Waals surface area contributed by atoms with Crippen LogP contribution in [0.15, 0.2) is 24.3 Å². The maximum absolute atomic E-state index is 11.9. The Hall–Kier alpha value is -2.05. The number of hydrogen-bond acceptors (Lipinski definition) is 2. The maximum atomic E-state index is 11.9. The number of carbonyl (C=O) groups excluding carboxylic acids is 2. The van der Waals surface area contributed by atoms with Gasteiger partial charge in [0, 0.05) is 18.7 Å². The van der Waals surface area contributed by atoms with Crippen molar-refractivity contribution in [3.63, 3.8) is 0 Å². The number of alkyl halides is 3. The molecular weight excluding hydrogens is 285 g/mol. The fraction of sp³-hybridized carbons (Fsp3) is 0.429. The van der Waals surface area contributed by atoms with Gasteiger partial charge in [0.05, 0.1) is 0 Å². The van der Waals surface area contributed by atoms with Crippen molar-refractivity contribution in [1.82, 2.24) is 10.6 Å². The van der Waals surface area contributed by atoms with E-state index in [9.17, 15) is 22.8 Å². The first-order valence-electron chi connectivity index (χ1n) is 6.45. The van der Waals surface area contributed by atoms with Gasteiger partial charge in [-0.3, -0.25) is 9.59 Å². The van der Waals surface area contributed by atoms with E-state index in [1.165, 1.54) is 0 Å². The van der Waals surface area contributed by atoms with Gasteiger partial charge in [0.1, 0.15) is 0 Å². The largest absolute Gasteiger partial charge is 0.471 e. The van der Waals surface area contributed by atoms with Gasteiger partial charge in [0.25, 0.3) is 5.91 Å². The Labute approximate surface area is 120 Å². The molecule has 1 aromatic carbocycles. The monoisotopic (exact) mass is 302 g/mol. The molecule has 0 aliphatic heterocycles. The van der Waals surface area contributed by atoms with E-state index < -0.39 is 18.0 Å². The van der Waals surface area contributed by atoms with Gasteiger partial charge in [-0.2, -0.15) is 13.2 Å². The van der Waals surface area contributed by atoms with Crippen LogP contribution in [0.2, 0.25) is 0 Å². The van der Waals surface area contributed by atoms with Crippen LogP contribution >= 0.6 is 0 Å². The first-order valence-corrected chi connectivity index (χ1v) is 6.45. The molecule has 0 saturated heterocycles. The Bertz CT molecular complexity index is 496. The molecule has 0 unspecified atom stereocenters. The molecule has 0 atom stereocenters. The normalized spacial score (nSPS) is 11.3. The summed E-state index contributed by atoms with van der Waals surface area (Å²) in [5.41, 5.74) is 1.51. The van der Waals surface area contributed by atoms with Crippen molar-refractivity contribution in [2.45, 2.75) is 25.9 Å². The molecule has 1 rings (SSSR count). The van der Waals surface area contributed by atoms with Crippen molar-refractivity contribution < 1.29 is 22.8 Å². The van der Waals surface area contributed by atoms with Crippen LogP contribution in [0, 0.1) is 0 Å². The summed E-state index contributed by atoms with van der Waals surface area (Å²) in [5, 5.41) is 4.11. The summed E-state index contributed by atoms with van der Waals surface area (Å²) in [5.74, 6) is -2.07. The molecule has 0 fully saturated rings. The standard InChI is InChI=1S/C14H17F3N2O2/c1-9(2)10-3-5-11(6-4-10)12(20)18-7-8-19-13(21)14(15,16)17/h3-6,9H,7-8H2,1-2H3,(H,18,20)(H,19,21). The molecule has 7 heteroatoms. The van der Waals surface area contributed by atoms with Crippen LogP contribution in [-0.2, 0) is 4.79 Å². The number of benzene rings is 1. The molecule has 0 aromatic heterocycles. The topological polar surface area (TPSA) is 58.2 Å². The summed E-state index contributed by atoms with van der Waals surface area (Å²) in [6.45, 7) is 3.69. The Kier molecular flexibility index (Phi) is 5.75. The Morgan fingerprint density at radius 2 is 1.57 bits per heavy atom. The third kappa shape index (κ3) is 5.45. The van der Waals surface area contributed by atoms with Gasteiger partial charge in [-0.05, 0) is 23.6 Å². The highest BCUT2D eigenvalue weighted by Crippen LogP contribution is 2.15. The number of amides is 2. The van der Waals surface area contributed by atoms with Gasteiger partial charge in [-0.15, -0.1) is 0 Å². The lowest BCUT2D eigenvalue weighted by atomic mass is 10.0. The molecule has 4 nitrogen and oxygen atoms in total. The van der Waals surface area contributed by atoms with Crippen molar-refractivity contribution in [1.29, 1.82) is 0 Å². The number of carbonyl (C=O) groups is 2. The minimum atomic E-state index is -4.91. The summed E-state index contributed by atoms with van der Waals surface area (Å²) in [4.78, 5) is 22.3. The first-order chi connectivity index (χ1) is 9.71. The molecule has 0 heterocycles. The highest BCUT2D eigenvalue weighted by atomic mass is 19.4. The van der Waals surface area contributed by atoms with Gasteiger partial charge >= 0.3 is 12.1 Å². The van der Waals surface area contributed by atoms with E-state index in [1.807, 2.05) is 26.0 Å². The molecule has 0 radical (unpaired) electrons. The number of nitrogens with one attached hydrogen (secondary N) is 2. The van der Waals surface area contributed by atoms with E-state index in [1.54, 1.807) is 17.4 Å². The minimum Gasteiger partial charge on any atom is -0.350 e. The second-order valence-corrected chi connectivity index (χ2v) is 4.79. The molecular formula is C14H17F3N2O2. The van der Waals surface area contributed by atoms with Crippen LogP contribution in [-0.4, -0.2) is 31.1 Å². The van der Waals surface area contributed by atoms with Gasteiger partial charge < -0.3 is 10.6 Å². The molecule has 2 N–H and O–H groups in total. The lowest BCUT2D eigenvalue weighted by molar-refractivity contribution is -0.173. The summed E-state index contributed by atoms with van der Waals surface area (Å²) in [7, 11) is 0. The van der Waals surface area contributed by atoms with Gasteiger partial charge in [0.15, 0.2) is 0 Å². The highest BCUT2D eigenvalue weighted by molar-refractivity contribution is 5.94. The van der Waals surface area contributed by atoms with E-state index in [-0.39, 0.29) is 13.1 Å². The predicted molar refractivity (Wildman–Crippen MR) is 71.9 cm³/mol. The molecule has 0 aliphatic carbocycles. The van der Waals surface area contributed by atoms with Gasteiger partial charge in [-0.25, -0.2) is 0 Å². The second kappa shape index (κ2) is 7.10. The van der Waals surface area contributed by atoms with Crippen LogP contribution in [0.4, 0.5) is 13.2 Å². The van der Waals surface area contributed by atoms with Gasteiger partial charge in [0.2, 0.25) is 0 Å². The van der Waals surface area contributed by atoms with E-state index in [0.29, 0.717) is 11.5 Å². The molecule has 2 amide bonds. The van der Waals surface area contributed by atoms with Crippen molar-refractivity contribution in [3.8, 4) is 0 Å². The number of rotatable bonds is 5. The van der Waals surface area contributed by atoms with Crippen molar-refractivity contribution >= 4 is 11.8 Å². The smallest absolute Gasteiger partial charge is 0.350 e. The van der Waals surface area contributed by atoms with Crippen LogP contribution < -0.4 is 10.6 Å². The third-order valence-corrected chi connectivity index (χ3v) is 2.79. The van der Waals surface area contributed by atoms with E-state index >= 15 is 0 Å².